The molecule has 0 bridgehead atoms. The van der Waals surface area contributed by atoms with Crippen molar-refractivity contribution in [3.8, 4) is 67.5 Å². The highest BCUT2D eigenvalue weighted by molar-refractivity contribution is 6.29. The van der Waals surface area contributed by atoms with Crippen LogP contribution in [0.25, 0.3) is 99.9 Å². The maximum absolute atomic E-state index is 5.28. The molecule has 0 aliphatic rings. The lowest BCUT2D eigenvalue weighted by Crippen LogP contribution is -2.01. The lowest BCUT2D eigenvalue weighted by atomic mass is 9.86. The fourth-order valence-corrected chi connectivity index (χ4v) is 7.85. The van der Waals surface area contributed by atoms with E-state index in [2.05, 4.69) is 164 Å². The van der Waals surface area contributed by atoms with Crippen molar-refractivity contribution >= 4 is 32.3 Å². The molecule has 0 amide bonds. The molecule has 10 rings (SSSR count). The molecule has 9 aromatic carbocycles. The number of rotatable bonds is 6. The van der Waals surface area contributed by atoms with Crippen molar-refractivity contribution in [1.82, 2.24) is 15.0 Å². The first kappa shape index (κ1) is 31.5. The van der Waals surface area contributed by atoms with Gasteiger partial charge in [0, 0.05) is 22.1 Å². The molecule has 0 aliphatic heterocycles. The van der Waals surface area contributed by atoms with Gasteiger partial charge in [-0.05, 0) is 72.4 Å². The predicted molar refractivity (Wildman–Crippen MR) is 225 cm³/mol. The summed E-state index contributed by atoms with van der Waals surface area (Å²) in [6.45, 7) is 0. The van der Waals surface area contributed by atoms with Crippen LogP contribution in [0.4, 0.5) is 0 Å². The SMILES string of the molecule is c1ccc(-c2nc(-c3ccccc3)nc(-c3cc(-c4ccccc4-c4ccccc4-c4ccccc4)cc4c5ccccc5c5ccccc5c34)n2)cc1. The second kappa shape index (κ2) is 13.4. The van der Waals surface area contributed by atoms with Gasteiger partial charge in [-0.2, -0.15) is 0 Å². The Morgan fingerprint density at radius 3 is 1.13 bits per heavy atom. The molecule has 0 unspecified atom stereocenters. The fraction of sp³-hybridized carbons (Fsp3) is 0. The van der Waals surface area contributed by atoms with Crippen LogP contribution in [0.1, 0.15) is 0 Å². The Morgan fingerprint density at radius 2 is 0.593 bits per heavy atom. The van der Waals surface area contributed by atoms with E-state index >= 15 is 0 Å². The van der Waals surface area contributed by atoms with Crippen molar-refractivity contribution in [2.24, 2.45) is 0 Å². The molecule has 0 spiro atoms. The van der Waals surface area contributed by atoms with Gasteiger partial charge in [0.05, 0.1) is 0 Å². The molecule has 0 saturated carbocycles. The molecular formula is C51H33N3. The fourth-order valence-electron chi connectivity index (χ4n) is 7.85. The van der Waals surface area contributed by atoms with Crippen LogP contribution in [0, 0.1) is 0 Å². The summed E-state index contributed by atoms with van der Waals surface area (Å²) in [6.07, 6.45) is 0. The number of fused-ring (bicyclic) bond motifs is 6. The summed E-state index contributed by atoms with van der Waals surface area (Å²) < 4.78 is 0. The third-order valence-corrected chi connectivity index (χ3v) is 10.3. The zero-order chi connectivity index (χ0) is 35.8. The first-order valence-corrected chi connectivity index (χ1v) is 18.3. The summed E-state index contributed by atoms with van der Waals surface area (Å²) in [5.74, 6) is 1.91. The normalized spacial score (nSPS) is 11.3. The number of hydrogen-bond donors (Lipinski definition) is 0. The molecule has 252 valence electrons. The topological polar surface area (TPSA) is 38.7 Å². The molecule has 0 fully saturated rings. The Hall–Kier alpha value is -7.23. The largest absolute Gasteiger partial charge is 0.208 e. The Bertz CT molecular complexity index is 2920. The third-order valence-electron chi connectivity index (χ3n) is 10.3. The van der Waals surface area contributed by atoms with Crippen molar-refractivity contribution in [2.75, 3.05) is 0 Å². The lowest BCUT2D eigenvalue weighted by molar-refractivity contribution is 1.08. The van der Waals surface area contributed by atoms with Crippen LogP contribution < -0.4 is 0 Å². The average Bonchev–Trinajstić information content (AvgIpc) is 3.27. The molecular weight excluding hydrogens is 655 g/mol. The molecule has 0 saturated heterocycles. The van der Waals surface area contributed by atoms with Gasteiger partial charge in [0.2, 0.25) is 0 Å². The van der Waals surface area contributed by atoms with Gasteiger partial charge in [0.1, 0.15) is 0 Å². The second-order valence-electron chi connectivity index (χ2n) is 13.5. The van der Waals surface area contributed by atoms with E-state index in [1.165, 1.54) is 38.2 Å². The highest BCUT2D eigenvalue weighted by atomic mass is 15.0. The number of nitrogens with zero attached hydrogens (tertiary/aromatic N) is 3. The summed E-state index contributed by atoms with van der Waals surface area (Å²) in [4.78, 5) is 15.6. The molecule has 0 radical (unpaired) electrons. The van der Waals surface area contributed by atoms with Crippen molar-refractivity contribution in [3.05, 3.63) is 200 Å². The zero-order valence-corrected chi connectivity index (χ0v) is 29.4. The molecule has 0 aliphatic carbocycles. The van der Waals surface area contributed by atoms with E-state index in [-0.39, 0.29) is 0 Å². The van der Waals surface area contributed by atoms with Crippen LogP contribution in [0.15, 0.2) is 200 Å². The van der Waals surface area contributed by atoms with Crippen LogP contribution in [0.3, 0.4) is 0 Å². The predicted octanol–water partition coefficient (Wildman–Crippen LogP) is 13.3. The average molecular weight is 688 g/mol. The Morgan fingerprint density at radius 1 is 0.222 bits per heavy atom. The van der Waals surface area contributed by atoms with Gasteiger partial charge >= 0.3 is 0 Å². The first-order valence-electron chi connectivity index (χ1n) is 18.3. The van der Waals surface area contributed by atoms with Crippen LogP contribution in [-0.2, 0) is 0 Å². The van der Waals surface area contributed by atoms with E-state index in [9.17, 15) is 0 Å². The molecule has 1 heterocycles. The highest BCUT2D eigenvalue weighted by Gasteiger charge is 2.21. The van der Waals surface area contributed by atoms with Gasteiger partial charge in [-0.3, -0.25) is 0 Å². The monoisotopic (exact) mass is 687 g/mol. The van der Waals surface area contributed by atoms with Gasteiger partial charge in [-0.25, -0.2) is 15.0 Å². The minimum absolute atomic E-state index is 0.636. The molecule has 0 N–H and O–H groups in total. The number of hydrogen-bond acceptors (Lipinski definition) is 3. The van der Waals surface area contributed by atoms with E-state index in [1.807, 2.05) is 36.4 Å². The smallest absolute Gasteiger partial charge is 0.164 e. The van der Waals surface area contributed by atoms with Gasteiger partial charge < -0.3 is 0 Å². The molecule has 10 aromatic rings. The zero-order valence-electron chi connectivity index (χ0n) is 29.4. The van der Waals surface area contributed by atoms with E-state index in [4.69, 9.17) is 15.0 Å². The maximum Gasteiger partial charge on any atom is 0.164 e. The maximum atomic E-state index is 5.28. The van der Waals surface area contributed by atoms with Crippen molar-refractivity contribution < 1.29 is 0 Å². The van der Waals surface area contributed by atoms with Crippen LogP contribution in [-0.4, -0.2) is 15.0 Å². The van der Waals surface area contributed by atoms with E-state index < -0.39 is 0 Å². The second-order valence-corrected chi connectivity index (χ2v) is 13.5. The van der Waals surface area contributed by atoms with Crippen molar-refractivity contribution in [3.63, 3.8) is 0 Å². The lowest BCUT2D eigenvalue weighted by Gasteiger charge is -2.19. The minimum Gasteiger partial charge on any atom is -0.208 e. The van der Waals surface area contributed by atoms with Crippen LogP contribution >= 0.6 is 0 Å². The molecule has 0 atom stereocenters. The van der Waals surface area contributed by atoms with Gasteiger partial charge in [0.25, 0.3) is 0 Å². The van der Waals surface area contributed by atoms with E-state index in [1.54, 1.807) is 0 Å². The van der Waals surface area contributed by atoms with Crippen molar-refractivity contribution in [2.45, 2.75) is 0 Å². The van der Waals surface area contributed by atoms with Crippen LogP contribution in [0.2, 0.25) is 0 Å². The van der Waals surface area contributed by atoms with Gasteiger partial charge in [-0.1, -0.05) is 188 Å². The Labute approximate surface area is 313 Å². The summed E-state index contributed by atoms with van der Waals surface area (Å²) in [6, 6.07) is 70.6. The minimum atomic E-state index is 0.636. The Kier molecular flexibility index (Phi) is 7.81. The molecule has 1 aromatic heterocycles. The van der Waals surface area contributed by atoms with E-state index in [0.29, 0.717) is 17.5 Å². The first-order chi connectivity index (χ1) is 26.8. The number of aromatic nitrogens is 3. The van der Waals surface area contributed by atoms with Crippen molar-refractivity contribution in [1.29, 1.82) is 0 Å². The van der Waals surface area contributed by atoms with E-state index in [0.717, 1.165) is 44.2 Å². The van der Waals surface area contributed by atoms with Gasteiger partial charge in [0.15, 0.2) is 17.5 Å². The van der Waals surface area contributed by atoms with Gasteiger partial charge in [-0.15, -0.1) is 0 Å². The quantitative estimate of drug-likeness (QED) is 0.163. The highest BCUT2D eigenvalue weighted by Crippen LogP contribution is 2.45. The molecule has 54 heavy (non-hydrogen) atoms. The third kappa shape index (κ3) is 5.51. The Balaban J connectivity index is 1.32. The summed E-state index contributed by atoms with van der Waals surface area (Å²) in [7, 11) is 0. The molecule has 3 heteroatoms. The standard InChI is InChI=1S/C51H33N3/c1-4-18-34(19-5-1)38-24-10-12-26-40(38)41-27-13-11-25-39(41)37-32-46-44-30-15-14-28-42(44)43-29-16-17-31-45(43)48(46)47(33-37)51-53-49(35-20-6-2-7-21-35)52-50(54-51)36-22-8-3-9-23-36/h1-33H. The van der Waals surface area contributed by atoms with Crippen LogP contribution in [0.5, 0.6) is 0 Å². The number of benzene rings is 9. The summed E-state index contributed by atoms with van der Waals surface area (Å²) in [5.41, 5.74) is 9.81. The molecule has 3 nitrogen and oxygen atoms in total. The summed E-state index contributed by atoms with van der Waals surface area (Å²) >= 11 is 0. The summed E-state index contributed by atoms with van der Waals surface area (Å²) in [5, 5.41) is 7.06.